The second-order valence-electron chi connectivity index (χ2n) is 5.26. The van der Waals surface area contributed by atoms with E-state index in [1.54, 1.807) is 31.2 Å². The van der Waals surface area contributed by atoms with Crippen molar-refractivity contribution in [1.82, 2.24) is 0 Å². The lowest BCUT2D eigenvalue weighted by atomic mass is 10.2. The molecule has 0 aromatic heterocycles. The minimum absolute atomic E-state index is 0.0444. The highest BCUT2D eigenvalue weighted by molar-refractivity contribution is 7.93. The summed E-state index contributed by atoms with van der Waals surface area (Å²) in [5.74, 6) is -0.604. The number of rotatable bonds is 5. The molecule has 112 valence electrons. The summed E-state index contributed by atoms with van der Waals surface area (Å²) in [4.78, 5) is 12.1. The van der Waals surface area contributed by atoms with Crippen molar-refractivity contribution < 1.29 is 13.2 Å². The van der Waals surface area contributed by atoms with Gasteiger partial charge < -0.3 is 11.1 Å². The normalized spacial score (nSPS) is 14.8. The number of carbonyl (C=O) groups is 1. The van der Waals surface area contributed by atoms with Crippen LogP contribution < -0.4 is 11.1 Å². The number of amides is 1. The molecular formula is C14H22N2O3S. The van der Waals surface area contributed by atoms with E-state index in [0.717, 1.165) is 0 Å². The van der Waals surface area contributed by atoms with Crippen molar-refractivity contribution in [2.45, 2.75) is 38.2 Å². The fourth-order valence-electron chi connectivity index (χ4n) is 1.70. The second kappa shape index (κ2) is 6.26. The summed E-state index contributed by atoms with van der Waals surface area (Å²) in [5, 5.41) is 0.882. The van der Waals surface area contributed by atoms with Gasteiger partial charge in [-0.2, -0.15) is 0 Å². The molecule has 0 aliphatic heterocycles. The molecule has 3 N–H and O–H groups in total. The van der Waals surface area contributed by atoms with Gasteiger partial charge in [0.2, 0.25) is 5.91 Å². The summed E-state index contributed by atoms with van der Waals surface area (Å²) in [6, 6.07) is 6.75. The number of nitrogen functional groups attached to an aromatic ring is 1. The zero-order chi connectivity index (χ0) is 15.5. The van der Waals surface area contributed by atoms with E-state index in [1.807, 2.05) is 13.8 Å². The van der Waals surface area contributed by atoms with Crippen molar-refractivity contribution in [3.05, 3.63) is 24.3 Å². The van der Waals surface area contributed by atoms with E-state index in [4.69, 9.17) is 5.73 Å². The van der Waals surface area contributed by atoms with E-state index >= 15 is 0 Å². The molecule has 1 rings (SSSR count). The summed E-state index contributed by atoms with van der Waals surface area (Å²) in [6.07, 6.45) is 0. The van der Waals surface area contributed by atoms with Crippen LogP contribution in [-0.2, 0) is 14.6 Å². The van der Waals surface area contributed by atoms with Crippen molar-refractivity contribution in [2.24, 2.45) is 5.92 Å². The molecular weight excluding hydrogens is 276 g/mol. The maximum Gasteiger partial charge on any atom is 0.242 e. The Balaban J connectivity index is 2.91. The van der Waals surface area contributed by atoms with Crippen LogP contribution in [-0.4, -0.2) is 24.8 Å². The van der Waals surface area contributed by atoms with Gasteiger partial charge in [0.05, 0.1) is 16.6 Å². The van der Waals surface area contributed by atoms with E-state index in [0.29, 0.717) is 11.4 Å². The molecule has 1 aromatic carbocycles. The minimum atomic E-state index is -3.52. The summed E-state index contributed by atoms with van der Waals surface area (Å²) in [7, 11) is -3.52. The topological polar surface area (TPSA) is 89.3 Å². The summed E-state index contributed by atoms with van der Waals surface area (Å²) >= 11 is 0. The van der Waals surface area contributed by atoms with Gasteiger partial charge in [-0.25, -0.2) is 8.42 Å². The average molecular weight is 298 g/mol. The Morgan fingerprint density at radius 3 is 2.20 bits per heavy atom. The largest absolute Gasteiger partial charge is 0.397 e. The van der Waals surface area contributed by atoms with Gasteiger partial charge >= 0.3 is 0 Å². The minimum Gasteiger partial charge on any atom is -0.397 e. The van der Waals surface area contributed by atoms with E-state index in [1.165, 1.54) is 6.92 Å². The molecule has 0 saturated carbocycles. The van der Waals surface area contributed by atoms with Crippen LogP contribution in [0.25, 0.3) is 0 Å². The first kappa shape index (κ1) is 16.5. The molecule has 0 bridgehead atoms. The predicted molar refractivity (Wildman–Crippen MR) is 82.2 cm³/mol. The van der Waals surface area contributed by atoms with Crippen molar-refractivity contribution >= 4 is 27.1 Å². The fourth-order valence-corrected chi connectivity index (χ4v) is 3.46. The molecule has 1 aromatic rings. The molecule has 0 saturated heterocycles. The van der Waals surface area contributed by atoms with Gasteiger partial charge in [-0.3, -0.25) is 4.79 Å². The zero-order valence-corrected chi connectivity index (χ0v) is 13.1. The smallest absolute Gasteiger partial charge is 0.242 e. The zero-order valence-electron chi connectivity index (χ0n) is 12.3. The van der Waals surface area contributed by atoms with Gasteiger partial charge in [0.15, 0.2) is 9.84 Å². The first-order valence-electron chi connectivity index (χ1n) is 6.56. The molecule has 20 heavy (non-hydrogen) atoms. The highest BCUT2D eigenvalue weighted by Gasteiger charge is 2.34. The molecule has 0 aliphatic rings. The first-order valence-corrected chi connectivity index (χ1v) is 8.17. The van der Waals surface area contributed by atoms with Crippen LogP contribution in [0, 0.1) is 5.92 Å². The van der Waals surface area contributed by atoms with Crippen LogP contribution in [0.4, 0.5) is 11.4 Å². The van der Waals surface area contributed by atoms with Crippen LogP contribution in [0.1, 0.15) is 27.7 Å². The van der Waals surface area contributed by atoms with Crippen LogP contribution in [0.5, 0.6) is 0 Å². The number of sulfone groups is 1. The third-order valence-corrected chi connectivity index (χ3v) is 6.32. The lowest BCUT2D eigenvalue weighted by Gasteiger charge is -2.21. The summed E-state index contributed by atoms with van der Waals surface area (Å²) in [5.41, 5.74) is 6.55. The van der Waals surface area contributed by atoms with Crippen LogP contribution in [0.3, 0.4) is 0 Å². The van der Waals surface area contributed by atoms with Gasteiger partial charge in [0, 0.05) is 0 Å². The Hall–Kier alpha value is -1.56. The highest BCUT2D eigenvalue weighted by atomic mass is 32.2. The van der Waals surface area contributed by atoms with E-state index in [2.05, 4.69) is 5.32 Å². The lowest BCUT2D eigenvalue weighted by Crippen LogP contribution is -2.39. The fraction of sp³-hybridized carbons (Fsp3) is 0.500. The molecule has 6 heteroatoms. The van der Waals surface area contributed by atoms with E-state index < -0.39 is 26.2 Å². The van der Waals surface area contributed by atoms with Crippen LogP contribution in [0.2, 0.25) is 0 Å². The number of nitrogens with one attached hydrogen (secondary N) is 1. The molecule has 2 unspecified atom stereocenters. The Labute approximate surface area is 120 Å². The number of hydrogen-bond acceptors (Lipinski definition) is 4. The van der Waals surface area contributed by atoms with Gasteiger partial charge in [0.25, 0.3) is 0 Å². The molecule has 0 spiro atoms. The molecule has 0 heterocycles. The maximum atomic E-state index is 12.3. The Morgan fingerprint density at radius 2 is 1.70 bits per heavy atom. The molecule has 0 aliphatic carbocycles. The Morgan fingerprint density at radius 1 is 1.15 bits per heavy atom. The van der Waals surface area contributed by atoms with Gasteiger partial charge in [-0.05, 0) is 31.9 Å². The highest BCUT2D eigenvalue weighted by Crippen LogP contribution is 2.21. The van der Waals surface area contributed by atoms with Crippen molar-refractivity contribution in [3.8, 4) is 0 Å². The quantitative estimate of drug-likeness (QED) is 0.814. The number of benzene rings is 1. The average Bonchev–Trinajstić information content (AvgIpc) is 2.39. The number of para-hydroxylation sites is 2. The lowest BCUT2D eigenvalue weighted by molar-refractivity contribution is -0.115. The molecule has 5 nitrogen and oxygen atoms in total. The van der Waals surface area contributed by atoms with Gasteiger partial charge in [-0.1, -0.05) is 26.0 Å². The SMILES string of the molecule is CC(C)C(C)S(=O)(=O)C(C)C(=O)Nc1ccccc1N. The second-order valence-corrected chi connectivity index (χ2v) is 7.89. The molecule has 0 fully saturated rings. The first-order chi connectivity index (χ1) is 9.17. The maximum absolute atomic E-state index is 12.3. The number of hydrogen-bond donors (Lipinski definition) is 2. The van der Waals surface area contributed by atoms with Crippen molar-refractivity contribution in [3.63, 3.8) is 0 Å². The van der Waals surface area contributed by atoms with Crippen molar-refractivity contribution in [1.29, 1.82) is 0 Å². The molecule has 0 radical (unpaired) electrons. The summed E-state index contributed by atoms with van der Waals surface area (Å²) < 4.78 is 24.6. The van der Waals surface area contributed by atoms with E-state index in [9.17, 15) is 13.2 Å². The van der Waals surface area contributed by atoms with Crippen LogP contribution >= 0.6 is 0 Å². The number of nitrogens with two attached hydrogens (primary N) is 1. The monoisotopic (exact) mass is 298 g/mol. The van der Waals surface area contributed by atoms with Gasteiger partial charge in [0.1, 0.15) is 5.25 Å². The number of carbonyl (C=O) groups excluding carboxylic acids is 1. The Kier molecular flexibility index (Phi) is 5.16. The standard InChI is InChI=1S/C14H22N2O3S/c1-9(2)10(3)20(18,19)11(4)14(17)16-13-8-6-5-7-12(13)15/h5-11H,15H2,1-4H3,(H,16,17). The van der Waals surface area contributed by atoms with Gasteiger partial charge in [-0.15, -0.1) is 0 Å². The third-order valence-electron chi connectivity index (χ3n) is 3.54. The summed E-state index contributed by atoms with van der Waals surface area (Å²) in [6.45, 7) is 6.67. The third kappa shape index (κ3) is 3.50. The van der Waals surface area contributed by atoms with Crippen LogP contribution in [0.15, 0.2) is 24.3 Å². The molecule has 1 amide bonds. The van der Waals surface area contributed by atoms with E-state index in [-0.39, 0.29) is 5.92 Å². The Bertz CT molecular complexity index is 582. The van der Waals surface area contributed by atoms with Crippen molar-refractivity contribution in [2.75, 3.05) is 11.1 Å². The number of anilines is 2. The molecule has 2 atom stereocenters. The predicted octanol–water partition coefficient (Wildman–Crippen LogP) is 2.06.